The third kappa shape index (κ3) is 2.10. The number of hydrogen-bond donors (Lipinski definition) is 2. The van der Waals surface area contributed by atoms with Gasteiger partial charge in [-0.1, -0.05) is 17.7 Å². The number of benzene rings is 1. The van der Waals surface area contributed by atoms with Crippen LogP contribution in [-0.4, -0.2) is 15.8 Å². The van der Waals surface area contributed by atoms with Crippen molar-refractivity contribution in [2.45, 2.75) is 32.2 Å². The minimum absolute atomic E-state index is 0.387. The van der Waals surface area contributed by atoms with Crippen LogP contribution >= 0.6 is 0 Å². The molecule has 1 aromatic heterocycles. The van der Waals surface area contributed by atoms with Gasteiger partial charge in [-0.05, 0) is 38.3 Å². The van der Waals surface area contributed by atoms with Crippen molar-refractivity contribution in [2.24, 2.45) is 0 Å². The number of nitrogens with zero attached hydrogens (tertiary/aromatic N) is 3. The third-order valence-corrected chi connectivity index (χ3v) is 3.76. The van der Waals surface area contributed by atoms with E-state index in [0.717, 1.165) is 18.5 Å². The van der Waals surface area contributed by atoms with Gasteiger partial charge in [-0.3, -0.25) is 0 Å². The van der Waals surface area contributed by atoms with Crippen molar-refractivity contribution in [1.82, 2.24) is 9.78 Å². The van der Waals surface area contributed by atoms with Crippen LogP contribution in [0.2, 0.25) is 0 Å². The van der Waals surface area contributed by atoms with Gasteiger partial charge < -0.3 is 11.1 Å². The maximum Gasteiger partial charge on any atom is 0.168 e. The first-order valence-corrected chi connectivity index (χ1v) is 6.81. The number of nitrogens with one attached hydrogen (secondary N) is 1. The molecular formula is C15H17N5. The zero-order chi connectivity index (χ0) is 14.1. The van der Waals surface area contributed by atoms with Crippen molar-refractivity contribution in [3.8, 4) is 11.8 Å². The molecule has 102 valence electrons. The van der Waals surface area contributed by atoms with E-state index in [1.165, 1.54) is 12.0 Å². The fraction of sp³-hybridized carbons (Fsp3) is 0.333. The van der Waals surface area contributed by atoms with Gasteiger partial charge in [0.25, 0.3) is 0 Å². The van der Waals surface area contributed by atoms with Gasteiger partial charge in [0.05, 0.1) is 5.69 Å². The number of aromatic nitrogens is 2. The Hall–Kier alpha value is -2.48. The summed E-state index contributed by atoms with van der Waals surface area (Å²) in [7, 11) is 0. The van der Waals surface area contributed by atoms with Crippen molar-refractivity contribution in [2.75, 3.05) is 11.1 Å². The summed E-state index contributed by atoms with van der Waals surface area (Å²) in [4.78, 5) is 0. The van der Waals surface area contributed by atoms with E-state index >= 15 is 0 Å². The average molecular weight is 267 g/mol. The van der Waals surface area contributed by atoms with E-state index in [2.05, 4.69) is 16.5 Å². The molecule has 1 aromatic carbocycles. The summed E-state index contributed by atoms with van der Waals surface area (Å²) in [5.74, 6) is 0.980. The van der Waals surface area contributed by atoms with Crippen molar-refractivity contribution in [1.29, 1.82) is 5.26 Å². The van der Waals surface area contributed by atoms with Crippen LogP contribution < -0.4 is 11.1 Å². The fourth-order valence-corrected chi connectivity index (χ4v) is 2.27. The van der Waals surface area contributed by atoms with Gasteiger partial charge in [-0.2, -0.15) is 5.26 Å². The summed E-state index contributed by atoms with van der Waals surface area (Å²) in [5, 5.41) is 17.1. The van der Waals surface area contributed by atoms with Gasteiger partial charge in [0.1, 0.15) is 17.5 Å². The van der Waals surface area contributed by atoms with Gasteiger partial charge in [-0.25, -0.2) is 4.68 Å². The second-order valence-corrected chi connectivity index (χ2v) is 5.24. The molecule has 0 saturated heterocycles. The largest absolute Gasteiger partial charge is 0.382 e. The lowest BCUT2D eigenvalue weighted by Crippen LogP contribution is -2.27. The molecule has 1 fully saturated rings. The second kappa shape index (κ2) is 4.89. The molecule has 0 bridgehead atoms. The van der Waals surface area contributed by atoms with Crippen molar-refractivity contribution in [3.05, 3.63) is 35.4 Å². The maximum absolute atomic E-state index is 9.28. The van der Waals surface area contributed by atoms with Crippen LogP contribution in [0.5, 0.6) is 0 Å². The highest BCUT2D eigenvalue weighted by atomic mass is 15.4. The average Bonchev–Trinajstić information content (AvgIpc) is 2.71. The molecule has 1 aliphatic carbocycles. The molecule has 5 heteroatoms. The molecule has 5 nitrogen and oxygen atoms in total. The lowest BCUT2D eigenvalue weighted by molar-refractivity contribution is 0.444. The molecule has 0 spiro atoms. The van der Waals surface area contributed by atoms with Crippen molar-refractivity contribution < 1.29 is 0 Å². The summed E-state index contributed by atoms with van der Waals surface area (Å²) < 4.78 is 1.62. The van der Waals surface area contributed by atoms with Crippen LogP contribution in [0.3, 0.4) is 0 Å². The van der Waals surface area contributed by atoms with Crippen LogP contribution in [0.25, 0.3) is 5.69 Å². The Morgan fingerprint density at radius 3 is 2.60 bits per heavy atom. The first kappa shape index (κ1) is 12.5. The SMILES string of the molecule is Cc1ccc(-n2nc(NC3CCC3)c(C#N)c2N)cc1. The Kier molecular flexibility index (Phi) is 3.07. The van der Waals surface area contributed by atoms with Crippen LogP contribution in [0, 0.1) is 18.3 Å². The van der Waals surface area contributed by atoms with Gasteiger partial charge in [-0.15, -0.1) is 5.10 Å². The number of aryl methyl sites for hydroxylation is 1. The number of nitriles is 1. The Bertz CT molecular complexity index is 659. The predicted octanol–water partition coefficient (Wildman–Crippen LogP) is 2.60. The highest BCUT2D eigenvalue weighted by Crippen LogP contribution is 2.28. The molecule has 3 N–H and O–H groups in total. The first-order chi connectivity index (χ1) is 9.69. The highest BCUT2D eigenvalue weighted by Gasteiger charge is 2.22. The molecule has 1 saturated carbocycles. The quantitative estimate of drug-likeness (QED) is 0.895. The lowest BCUT2D eigenvalue weighted by atomic mass is 9.93. The van der Waals surface area contributed by atoms with E-state index in [-0.39, 0.29) is 0 Å². The normalized spacial score (nSPS) is 14.6. The molecular weight excluding hydrogens is 250 g/mol. The lowest BCUT2D eigenvalue weighted by Gasteiger charge is -2.26. The summed E-state index contributed by atoms with van der Waals surface area (Å²) in [6.07, 6.45) is 3.48. The number of hydrogen-bond acceptors (Lipinski definition) is 4. The third-order valence-electron chi connectivity index (χ3n) is 3.76. The molecule has 20 heavy (non-hydrogen) atoms. The number of anilines is 2. The molecule has 3 rings (SSSR count). The van der Waals surface area contributed by atoms with E-state index in [4.69, 9.17) is 5.73 Å². The maximum atomic E-state index is 9.28. The van der Waals surface area contributed by atoms with Crippen molar-refractivity contribution >= 4 is 11.6 Å². The second-order valence-electron chi connectivity index (χ2n) is 5.24. The van der Waals surface area contributed by atoms with Crippen LogP contribution in [0.4, 0.5) is 11.6 Å². The minimum atomic E-state index is 0.387. The smallest absolute Gasteiger partial charge is 0.168 e. The summed E-state index contributed by atoms with van der Waals surface area (Å²) >= 11 is 0. The zero-order valence-corrected chi connectivity index (χ0v) is 11.4. The molecule has 0 radical (unpaired) electrons. The Labute approximate surface area is 118 Å². The van der Waals surface area contributed by atoms with Crippen LogP contribution in [0.1, 0.15) is 30.4 Å². The standard InChI is InChI=1S/C15H17N5/c1-10-5-7-12(8-6-10)20-14(17)13(9-16)15(19-20)18-11-3-2-4-11/h5-8,11H,2-4,17H2,1H3,(H,18,19). The van der Waals surface area contributed by atoms with E-state index in [1.807, 2.05) is 31.2 Å². The fourth-order valence-electron chi connectivity index (χ4n) is 2.27. The van der Waals surface area contributed by atoms with E-state index in [9.17, 15) is 5.26 Å². The Morgan fingerprint density at radius 2 is 2.05 bits per heavy atom. The summed E-state index contributed by atoms with van der Waals surface area (Å²) in [5.41, 5.74) is 8.53. The zero-order valence-electron chi connectivity index (χ0n) is 11.4. The molecule has 1 heterocycles. The van der Waals surface area contributed by atoms with Crippen LogP contribution in [-0.2, 0) is 0 Å². The number of rotatable bonds is 3. The van der Waals surface area contributed by atoms with Gasteiger partial charge >= 0.3 is 0 Å². The van der Waals surface area contributed by atoms with Crippen LogP contribution in [0.15, 0.2) is 24.3 Å². The number of nitrogen functional groups attached to an aromatic ring is 1. The molecule has 0 amide bonds. The summed E-state index contributed by atoms with van der Waals surface area (Å²) in [6.45, 7) is 2.03. The molecule has 0 aliphatic heterocycles. The first-order valence-electron chi connectivity index (χ1n) is 6.81. The molecule has 0 atom stereocenters. The molecule has 2 aromatic rings. The molecule has 0 unspecified atom stereocenters. The number of nitrogens with two attached hydrogens (primary N) is 1. The summed E-state index contributed by atoms with van der Waals surface area (Å²) in [6, 6.07) is 10.5. The van der Waals surface area contributed by atoms with Crippen molar-refractivity contribution in [3.63, 3.8) is 0 Å². The minimum Gasteiger partial charge on any atom is -0.382 e. The van der Waals surface area contributed by atoms with E-state index in [1.54, 1.807) is 4.68 Å². The van der Waals surface area contributed by atoms with E-state index in [0.29, 0.717) is 23.2 Å². The topological polar surface area (TPSA) is 79.7 Å². The van der Waals surface area contributed by atoms with Gasteiger partial charge in [0.15, 0.2) is 5.82 Å². The van der Waals surface area contributed by atoms with E-state index < -0.39 is 0 Å². The van der Waals surface area contributed by atoms with Gasteiger partial charge in [0.2, 0.25) is 0 Å². The molecule has 1 aliphatic rings. The Morgan fingerprint density at radius 1 is 1.35 bits per heavy atom. The van der Waals surface area contributed by atoms with Gasteiger partial charge in [0, 0.05) is 6.04 Å². The highest BCUT2D eigenvalue weighted by molar-refractivity contribution is 5.66. The Balaban J connectivity index is 1.99. The monoisotopic (exact) mass is 267 g/mol. The predicted molar refractivity (Wildman–Crippen MR) is 78.7 cm³/mol.